The van der Waals surface area contributed by atoms with Crippen LogP contribution in [0.15, 0.2) is 72.8 Å². The minimum Gasteiger partial charge on any atom is -0.484 e. The van der Waals surface area contributed by atoms with E-state index in [0.29, 0.717) is 0 Å². The Morgan fingerprint density at radius 2 is 1.13 bits per heavy atom. The Hall–Kier alpha value is -3.00. The standard InChI is InChI=1S/C28H30O2/c1-27(2,3)29-25-15-14-22(18-26(25)30-28(4,5)6)23-13-9-12-21-16-19-10-7-8-11-20(19)17-24(21)23/h7-18H,1-6H3. The van der Waals surface area contributed by atoms with E-state index in [9.17, 15) is 0 Å². The number of ether oxygens (including phenoxy) is 2. The SMILES string of the molecule is CC(C)(C)Oc1ccc(-c2cccc3cc4ccccc4cc23)cc1OC(C)(C)C. The molecule has 30 heavy (non-hydrogen) atoms. The Morgan fingerprint density at radius 3 is 1.80 bits per heavy atom. The summed E-state index contributed by atoms with van der Waals surface area (Å²) in [6, 6.07) is 25.8. The lowest BCUT2D eigenvalue weighted by atomic mass is 9.95. The second-order valence-electron chi connectivity index (χ2n) is 9.82. The minimum absolute atomic E-state index is 0.296. The summed E-state index contributed by atoms with van der Waals surface area (Å²) < 4.78 is 12.5. The second-order valence-corrected chi connectivity index (χ2v) is 9.82. The highest BCUT2D eigenvalue weighted by molar-refractivity contribution is 6.05. The average molecular weight is 399 g/mol. The molecule has 0 aliphatic rings. The maximum Gasteiger partial charge on any atom is 0.162 e. The van der Waals surface area contributed by atoms with E-state index in [4.69, 9.17) is 9.47 Å². The van der Waals surface area contributed by atoms with Crippen molar-refractivity contribution in [3.63, 3.8) is 0 Å². The molecular formula is C28H30O2. The first-order chi connectivity index (χ1) is 14.1. The fraction of sp³-hybridized carbons (Fsp3) is 0.286. The van der Waals surface area contributed by atoms with Gasteiger partial charge < -0.3 is 9.47 Å². The molecule has 0 N–H and O–H groups in total. The van der Waals surface area contributed by atoms with Crippen LogP contribution in [0.4, 0.5) is 0 Å². The molecule has 154 valence electrons. The van der Waals surface area contributed by atoms with Gasteiger partial charge in [-0.1, -0.05) is 48.5 Å². The van der Waals surface area contributed by atoms with Crippen molar-refractivity contribution < 1.29 is 9.47 Å². The summed E-state index contributed by atoms with van der Waals surface area (Å²) in [4.78, 5) is 0. The Bertz CT molecular complexity index is 1210. The molecular weight excluding hydrogens is 368 g/mol. The molecule has 0 aromatic heterocycles. The van der Waals surface area contributed by atoms with Crippen LogP contribution in [-0.2, 0) is 0 Å². The molecule has 0 amide bonds. The minimum atomic E-state index is -0.316. The lowest BCUT2D eigenvalue weighted by Gasteiger charge is -2.27. The molecule has 0 bridgehead atoms. The van der Waals surface area contributed by atoms with Crippen molar-refractivity contribution in [2.75, 3.05) is 0 Å². The van der Waals surface area contributed by atoms with Crippen LogP contribution in [0, 0.1) is 0 Å². The van der Waals surface area contributed by atoms with Crippen LogP contribution in [0.25, 0.3) is 32.7 Å². The first-order valence-corrected chi connectivity index (χ1v) is 10.5. The highest BCUT2D eigenvalue weighted by Gasteiger charge is 2.20. The van der Waals surface area contributed by atoms with Gasteiger partial charge in [-0.05, 0) is 98.5 Å². The van der Waals surface area contributed by atoms with Gasteiger partial charge in [0.2, 0.25) is 0 Å². The lowest BCUT2D eigenvalue weighted by Crippen LogP contribution is -2.26. The van der Waals surface area contributed by atoms with Gasteiger partial charge in [-0.25, -0.2) is 0 Å². The summed E-state index contributed by atoms with van der Waals surface area (Å²) in [5, 5.41) is 4.98. The third-order valence-corrected chi connectivity index (χ3v) is 4.83. The predicted molar refractivity (Wildman–Crippen MR) is 128 cm³/mol. The number of benzene rings is 4. The fourth-order valence-electron chi connectivity index (χ4n) is 3.72. The summed E-state index contributed by atoms with van der Waals surface area (Å²) in [7, 11) is 0. The molecule has 0 aliphatic heterocycles. The molecule has 0 radical (unpaired) electrons. The van der Waals surface area contributed by atoms with Crippen LogP contribution in [-0.4, -0.2) is 11.2 Å². The molecule has 0 aliphatic carbocycles. The van der Waals surface area contributed by atoms with Crippen molar-refractivity contribution in [3.8, 4) is 22.6 Å². The van der Waals surface area contributed by atoms with E-state index in [0.717, 1.165) is 17.1 Å². The Kier molecular flexibility index (Phi) is 4.97. The number of hydrogen-bond donors (Lipinski definition) is 0. The second kappa shape index (κ2) is 7.36. The van der Waals surface area contributed by atoms with Gasteiger partial charge in [0.15, 0.2) is 11.5 Å². The van der Waals surface area contributed by atoms with Crippen molar-refractivity contribution in [2.24, 2.45) is 0 Å². The quantitative estimate of drug-likeness (QED) is 0.325. The zero-order valence-electron chi connectivity index (χ0n) is 18.7. The smallest absolute Gasteiger partial charge is 0.162 e. The van der Waals surface area contributed by atoms with Gasteiger partial charge in [-0.2, -0.15) is 0 Å². The van der Waals surface area contributed by atoms with Crippen LogP contribution in [0.5, 0.6) is 11.5 Å². The molecule has 2 heteroatoms. The first-order valence-electron chi connectivity index (χ1n) is 10.5. The summed E-state index contributed by atoms with van der Waals surface area (Å²) in [5.41, 5.74) is 1.70. The molecule has 0 fully saturated rings. The van der Waals surface area contributed by atoms with E-state index < -0.39 is 0 Å². The summed E-state index contributed by atoms with van der Waals surface area (Å²) >= 11 is 0. The number of hydrogen-bond acceptors (Lipinski definition) is 2. The third kappa shape index (κ3) is 4.43. The van der Waals surface area contributed by atoms with Crippen molar-refractivity contribution in [1.29, 1.82) is 0 Å². The van der Waals surface area contributed by atoms with Crippen molar-refractivity contribution >= 4 is 21.5 Å². The summed E-state index contributed by atoms with van der Waals surface area (Å²) in [6.45, 7) is 12.3. The summed E-state index contributed by atoms with van der Waals surface area (Å²) in [5.74, 6) is 1.54. The summed E-state index contributed by atoms with van der Waals surface area (Å²) in [6.07, 6.45) is 0. The molecule has 4 aromatic rings. The molecule has 0 saturated heterocycles. The number of rotatable bonds is 3. The first kappa shape index (κ1) is 20.3. The monoisotopic (exact) mass is 398 g/mol. The van der Waals surface area contributed by atoms with Gasteiger partial charge in [0.05, 0.1) is 0 Å². The van der Waals surface area contributed by atoms with Crippen molar-refractivity contribution in [1.82, 2.24) is 0 Å². The largest absolute Gasteiger partial charge is 0.484 e. The van der Waals surface area contributed by atoms with Crippen molar-refractivity contribution in [2.45, 2.75) is 52.7 Å². The Balaban J connectivity index is 1.88. The third-order valence-electron chi connectivity index (χ3n) is 4.83. The highest BCUT2D eigenvalue weighted by Crippen LogP contribution is 2.39. The maximum atomic E-state index is 6.30. The van der Waals surface area contributed by atoms with Crippen LogP contribution in [0.1, 0.15) is 41.5 Å². The predicted octanol–water partition coefficient (Wildman–Crippen LogP) is 8.01. The normalized spacial score (nSPS) is 12.3. The molecule has 4 rings (SSSR count). The van der Waals surface area contributed by atoms with Gasteiger partial charge in [-0.3, -0.25) is 0 Å². The maximum absolute atomic E-state index is 6.30. The number of fused-ring (bicyclic) bond motifs is 2. The van der Waals surface area contributed by atoms with Gasteiger partial charge in [0.25, 0.3) is 0 Å². The molecule has 0 saturated carbocycles. The van der Waals surface area contributed by atoms with E-state index in [1.807, 2.05) is 6.07 Å². The van der Waals surface area contributed by atoms with Gasteiger partial charge in [0.1, 0.15) is 11.2 Å². The molecule has 4 aromatic carbocycles. The van der Waals surface area contributed by atoms with Crippen LogP contribution in [0.2, 0.25) is 0 Å². The molecule has 0 unspecified atom stereocenters. The lowest BCUT2D eigenvalue weighted by molar-refractivity contribution is 0.0958. The highest BCUT2D eigenvalue weighted by atomic mass is 16.5. The molecule has 0 spiro atoms. The van der Waals surface area contributed by atoms with E-state index in [1.54, 1.807) is 0 Å². The zero-order valence-corrected chi connectivity index (χ0v) is 18.7. The van der Waals surface area contributed by atoms with Gasteiger partial charge >= 0.3 is 0 Å². The Labute approximate surface area is 179 Å². The Morgan fingerprint density at radius 1 is 0.533 bits per heavy atom. The van der Waals surface area contributed by atoms with E-state index in [2.05, 4.69) is 108 Å². The van der Waals surface area contributed by atoms with Crippen molar-refractivity contribution in [3.05, 3.63) is 72.8 Å². The average Bonchev–Trinajstić information content (AvgIpc) is 2.65. The van der Waals surface area contributed by atoms with Gasteiger partial charge in [-0.15, -0.1) is 0 Å². The van der Waals surface area contributed by atoms with Crippen LogP contribution >= 0.6 is 0 Å². The van der Waals surface area contributed by atoms with E-state index >= 15 is 0 Å². The van der Waals surface area contributed by atoms with Gasteiger partial charge in [0, 0.05) is 0 Å². The molecule has 0 heterocycles. The molecule has 0 atom stereocenters. The van der Waals surface area contributed by atoms with E-state index in [1.165, 1.54) is 27.1 Å². The fourth-order valence-corrected chi connectivity index (χ4v) is 3.72. The van der Waals surface area contributed by atoms with E-state index in [-0.39, 0.29) is 11.2 Å². The zero-order chi connectivity index (χ0) is 21.5. The topological polar surface area (TPSA) is 18.5 Å². The van der Waals surface area contributed by atoms with Crippen LogP contribution < -0.4 is 9.47 Å². The van der Waals surface area contributed by atoms with Crippen LogP contribution in [0.3, 0.4) is 0 Å². The molecule has 2 nitrogen and oxygen atoms in total.